The van der Waals surface area contributed by atoms with Gasteiger partial charge in [-0.05, 0) is 71.3 Å². The van der Waals surface area contributed by atoms with Crippen LogP contribution in [0.15, 0.2) is 146 Å². The zero-order valence-corrected chi connectivity index (χ0v) is 23.3. The summed E-state index contributed by atoms with van der Waals surface area (Å²) in [7, 11) is 0. The summed E-state index contributed by atoms with van der Waals surface area (Å²) in [5.41, 5.74) is 12.4. The minimum absolute atomic E-state index is 0.0509. The van der Waals surface area contributed by atoms with Crippen LogP contribution >= 0.6 is 0 Å². The van der Waals surface area contributed by atoms with E-state index in [2.05, 4.69) is 169 Å². The van der Waals surface area contributed by atoms with Crippen molar-refractivity contribution in [2.45, 2.75) is 19.3 Å². The van der Waals surface area contributed by atoms with Crippen molar-refractivity contribution in [3.63, 3.8) is 0 Å². The third-order valence-electron chi connectivity index (χ3n) is 8.79. The molecule has 0 unspecified atom stereocenters. The van der Waals surface area contributed by atoms with Gasteiger partial charge in [0.05, 0.1) is 16.7 Å². The first-order valence-electron chi connectivity index (χ1n) is 14.3. The highest BCUT2D eigenvalue weighted by Gasteiger charge is 2.37. The maximum absolute atomic E-state index is 2.41. The van der Waals surface area contributed by atoms with E-state index in [1.807, 2.05) is 0 Å². The largest absolute Gasteiger partial charge is 0.310 e. The predicted octanol–water partition coefficient (Wildman–Crippen LogP) is 10.6. The fourth-order valence-electron chi connectivity index (χ4n) is 6.88. The van der Waals surface area contributed by atoms with Crippen molar-refractivity contribution in [3.8, 4) is 16.8 Å². The van der Waals surface area contributed by atoms with Gasteiger partial charge in [-0.3, -0.25) is 0 Å². The lowest BCUT2D eigenvalue weighted by Gasteiger charge is -2.29. The summed E-state index contributed by atoms with van der Waals surface area (Å²) in [6.45, 7) is 4.68. The Bertz CT molecular complexity index is 2010. The van der Waals surface area contributed by atoms with E-state index in [4.69, 9.17) is 0 Å². The molecular formula is C39H30N2. The number of nitrogens with zero attached hydrogens (tertiary/aromatic N) is 2. The average molecular weight is 527 g/mol. The second-order valence-corrected chi connectivity index (χ2v) is 11.4. The van der Waals surface area contributed by atoms with Gasteiger partial charge in [0.2, 0.25) is 0 Å². The fraction of sp³-hybridized carbons (Fsp3) is 0.0769. The molecule has 1 aliphatic rings. The fourth-order valence-corrected chi connectivity index (χ4v) is 6.88. The molecule has 0 spiro atoms. The van der Waals surface area contributed by atoms with Crippen molar-refractivity contribution < 1.29 is 0 Å². The predicted molar refractivity (Wildman–Crippen MR) is 173 cm³/mol. The van der Waals surface area contributed by atoms with E-state index >= 15 is 0 Å². The first kappa shape index (κ1) is 23.8. The van der Waals surface area contributed by atoms with Gasteiger partial charge >= 0.3 is 0 Å². The van der Waals surface area contributed by atoms with Crippen molar-refractivity contribution >= 4 is 38.9 Å². The summed E-state index contributed by atoms with van der Waals surface area (Å²) in [4.78, 5) is 2.41. The first-order valence-corrected chi connectivity index (χ1v) is 14.3. The molecule has 1 heterocycles. The summed E-state index contributed by atoms with van der Waals surface area (Å²) in [6, 6.07) is 52.8. The molecule has 0 N–H and O–H groups in total. The molecule has 0 atom stereocenters. The summed E-state index contributed by atoms with van der Waals surface area (Å²) < 4.78 is 2.38. The molecule has 2 nitrogen and oxygen atoms in total. The van der Waals surface area contributed by atoms with Gasteiger partial charge in [0.1, 0.15) is 0 Å². The van der Waals surface area contributed by atoms with Crippen LogP contribution in [0.3, 0.4) is 0 Å². The average Bonchev–Trinajstić information content (AvgIpc) is 3.48. The molecule has 1 aromatic heterocycles. The quantitative estimate of drug-likeness (QED) is 0.221. The summed E-state index contributed by atoms with van der Waals surface area (Å²) in [6.07, 6.45) is 0. The Hall–Kier alpha value is -5.08. The number of hydrogen-bond donors (Lipinski definition) is 0. The Morgan fingerprint density at radius 3 is 1.76 bits per heavy atom. The highest BCUT2D eigenvalue weighted by molar-refractivity contribution is 6.09. The van der Waals surface area contributed by atoms with Crippen molar-refractivity contribution in [2.75, 3.05) is 4.90 Å². The van der Waals surface area contributed by atoms with E-state index in [9.17, 15) is 0 Å². The second-order valence-electron chi connectivity index (χ2n) is 11.4. The van der Waals surface area contributed by atoms with Crippen LogP contribution in [0.1, 0.15) is 25.0 Å². The van der Waals surface area contributed by atoms with E-state index in [1.54, 1.807) is 0 Å². The lowest BCUT2D eigenvalue weighted by Crippen LogP contribution is -2.16. The van der Waals surface area contributed by atoms with Gasteiger partial charge in [0.25, 0.3) is 0 Å². The van der Waals surface area contributed by atoms with Crippen LogP contribution in [0.25, 0.3) is 38.6 Å². The maximum Gasteiger partial charge on any atom is 0.0543 e. The highest BCUT2D eigenvalue weighted by atomic mass is 15.1. The lowest BCUT2D eigenvalue weighted by molar-refractivity contribution is 0.660. The number of rotatable bonds is 4. The van der Waals surface area contributed by atoms with Gasteiger partial charge in [-0.25, -0.2) is 0 Å². The number of benzene rings is 6. The molecule has 0 aliphatic heterocycles. The Morgan fingerprint density at radius 2 is 1.05 bits per heavy atom. The minimum atomic E-state index is -0.0509. The van der Waals surface area contributed by atoms with Gasteiger partial charge in [-0.2, -0.15) is 0 Å². The monoisotopic (exact) mass is 526 g/mol. The Labute approximate surface area is 240 Å². The molecule has 196 valence electrons. The summed E-state index contributed by atoms with van der Waals surface area (Å²) >= 11 is 0. The molecule has 0 bridgehead atoms. The standard InChI is InChI=1S/C39H30N2/c1-39(2)33-18-9-6-17-32(33)38-34(39)19-12-22-37(38)40(27-13-4-3-5-14-27)28-23-25-29(26-24-28)41-35-20-10-7-15-30(35)31-16-8-11-21-36(31)41/h3-26H,1-2H3. The number of anilines is 3. The van der Waals surface area contributed by atoms with E-state index in [-0.39, 0.29) is 5.41 Å². The van der Waals surface area contributed by atoms with Gasteiger partial charge in [-0.1, -0.05) is 105 Å². The van der Waals surface area contributed by atoms with Gasteiger partial charge < -0.3 is 9.47 Å². The van der Waals surface area contributed by atoms with E-state index in [1.165, 1.54) is 49.7 Å². The third kappa shape index (κ3) is 3.50. The van der Waals surface area contributed by atoms with Crippen molar-refractivity contribution in [1.29, 1.82) is 0 Å². The molecule has 41 heavy (non-hydrogen) atoms. The SMILES string of the molecule is CC1(C)c2ccccc2-c2c(N(c3ccccc3)c3ccc(-n4c5ccccc5c5ccccc54)cc3)cccc21. The molecule has 2 heteroatoms. The molecule has 0 amide bonds. The molecule has 0 fully saturated rings. The molecule has 1 aliphatic carbocycles. The smallest absolute Gasteiger partial charge is 0.0543 e. The highest BCUT2D eigenvalue weighted by Crippen LogP contribution is 2.54. The molecule has 0 saturated carbocycles. The van der Waals surface area contributed by atoms with Crippen LogP contribution in [-0.2, 0) is 5.41 Å². The second kappa shape index (κ2) is 8.97. The Morgan fingerprint density at radius 1 is 0.488 bits per heavy atom. The van der Waals surface area contributed by atoms with Crippen LogP contribution < -0.4 is 4.90 Å². The topological polar surface area (TPSA) is 8.17 Å². The minimum Gasteiger partial charge on any atom is -0.310 e. The van der Waals surface area contributed by atoms with Crippen LogP contribution in [-0.4, -0.2) is 4.57 Å². The normalized spacial score (nSPS) is 13.3. The van der Waals surface area contributed by atoms with Crippen molar-refractivity contribution in [3.05, 3.63) is 157 Å². The number of fused-ring (bicyclic) bond motifs is 6. The van der Waals surface area contributed by atoms with Gasteiger partial charge in [0.15, 0.2) is 0 Å². The van der Waals surface area contributed by atoms with Crippen LogP contribution in [0.4, 0.5) is 17.1 Å². The third-order valence-corrected chi connectivity index (χ3v) is 8.79. The van der Waals surface area contributed by atoms with Crippen LogP contribution in [0.2, 0.25) is 0 Å². The molecular weight excluding hydrogens is 496 g/mol. The summed E-state index contributed by atoms with van der Waals surface area (Å²) in [5.74, 6) is 0. The molecule has 8 rings (SSSR count). The molecule has 0 radical (unpaired) electrons. The zero-order valence-electron chi connectivity index (χ0n) is 23.3. The van der Waals surface area contributed by atoms with Crippen LogP contribution in [0.5, 0.6) is 0 Å². The lowest BCUT2D eigenvalue weighted by atomic mass is 9.82. The molecule has 6 aromatic carbocycles. The molecule has 0 saturated heterocycles. The number of hydrogen-bond acceptors (Lipinski definition) is 1. The first-order chi connectivity index (χ1) is 20.1. The van der Waals surface area contributed by atoms with Crippen molar-refractivity contribution in [1.82, 2.24) is 4.57 Å². The van der Waals surface area contributed by atoms with Gasteiger partial charge in [0, 0.05) is 38.8 Å². The van der Waals surface area contributed by atoms with Gasteiger partial charge in [-0.15, -0.1) is 0 Å². The molecule has 7 aromatic rings. The Balaban J connectivity index is 1.32. The van der Waals surface area contributed by atoms with E-state index < -0.39 is 0 Å². The Kier molecular flexibility index (Phi) is 5.20. The maximum atomic E-state index is 2.41. The number of aromatic nitrogens is 1. The zero-order chi connectivity index (χ0) is 27.6. The summed E-state index contributed by atoms with van der Waals surface area (Å²) in [5, 5.41) is 2.55. The number of para-hydroxylation sites is 3. The van der Waals surface area contributed by atoms with E-state index in [0.717, 1.165) is 17.1 Å². The van der Waals surface area contributed by atoms with E-state index in [0.29, 0.717) is 0 Å². The van der Waals surface area contributed by atoms with Crippen LogP contribution in [0, 0.1) is 0 Å². The van der Waals surface area contributed by atoms with Crippen molar-refractivity contribution in [2.24, 2.45) is 0 Å².